The van der Waals surface area contributed by atoms with Crippen molar-refractivity contribution in [2.75, 3.05) is 6.54 Å². The quantitative estimate of drug-likeness (QED) is 0.288. The second-order valence-electron chi connectivity index (χ2n) is 8.06. The van der Waals surface area contributed by atoms with Crippen molar-refractivity contribution in [3.8, 4) is 5.69 Å². The maximum atomic E-state index is 13.7. The third-order valence-corrected chi connectivity index (χ3v) is 8.29. The van der Waals surface area contributed by atoms with Crippen LogP contribution in [0.25, 0.3) is 16.6 Å². The lowest BCUT2D eigenvalue weighted by atomic mass is 10.2. The highest BCUT2D eigenvalue weighted by Crippen LogP contribution is 2.29. The van der Waals surface area contributed by atoms with E-state index in [1.165, 1.54) is 8.87 Å². The molecule has 1 atom stereocenters. The number of aromatic nitrogens is 2. The number of fused-ring (bicyclic) bond motifs is 1. The summed E-state index contributed by atoms with van der Waals surface area (Å²) in [6.07, 6.45) is 1.52. The lowest BCUT2D eigenvalue weighted by molar-refractivity contribution is 0.322. The molecule has 4 rings (SSSR count). The molecular weight excluding hydrogens is 514 g/mol. The standard InChI is InChI=1S/C26H26BrN3O3S/c1-3-4-18-29(34(32,33)22-10-6-5-7-11-22)19(2)25-28-24-13-9-8-12-23(24)26(31)30(25)21-16-14-20(27)15-17-21/h5-17,19H,3-4,18H2,1-2H3. The normalized spacial score (nSPS) is 12.8. The second kappa shape index (κ2) is 10.2. The highest BCUT2D eigenvalue weighted by Gasteiger charge is 2.32. The largest absolute Gasteiger partial charge is 0.268 e. The minimum Gasteiger partial charge on any atom is -0.268 e. The van der Waals surface area contributed by atoms with Crippen molar-refractivity contribution in [3.05, 3.63) is 99.5 Å². The number of halogens is 1. The number of rotatable bonds is 8. The monoisotopic (exact) mass is 539 g/mol. The second-order valence-corrected chi connectivity index (χ2v) is 10.9. The number of para-hydroxylation sites is 1. The molecule has 4 aromatic rings. The first kappa shape index (κ1) is 24.3. The summed E-state index contributed by atoms with van der Waals surface area (Å²) in [6.45, 7) is 4.13. The third-order valence-electron chi connectivity index (χ3n) is 5.77. The van der Waals surface area contributed by atoms with Crippen molar-refractivity contribution in [1.29, 1.82) is 0 Å². The van der Waals surface area contributed by atoms with Gasteiger partial charge in [-0.3, -0.25) is 9.36 Å². The lowest BCUT2D eigenvalue weighted by Gasteiger charge is -2.29. The molecule has 1 unspecified atom stereocenters. The Bertz CT molecular complexity index is 1450. The van der Waals surface area contributed by atoms with Gasteiger partial charge in [0.25, 0.3) is 5.56 Å². The molecule has 34 heavy (non-hydrogen) atoms. The zero-order chi connectivity index (χ0) is 24.3. The minimum atomic E-state index is -3.82. The number of unbranched alkanes of at least 4 members (excludes halogenated alkanes) is 1. The fourth-order valence-corrected chi connectivity index (χ4v) is 5.88. The molecule has 0 fully saturated rings. The number of benzene rings is 3. The first-order valence-corrected chi connectivity index (χ1v) is 13.4. The predicted octanol–water partition coefficient (Wildman–Crippen LogP) is 5.70. The summed E-state index contributed by atoms with van der Waals surface area (Å²) >= 11 is 3.44. The number of hydrogen-bond acceptors (Lipinski definition) is 4. The van der Waals surface area contributed by atoms with Crippen LogP contribution in [0.15, 0.2) is 93.0 Å². The summed E-state index contributed by atoms with van der Waals surface area (Å²) in [5, 5.41) is 0.479. The maximum Gasteiger partial charge on any atom is 0.266 e. The zero-order valence-corrected chi connectivity index (χ0v) is 21.5. The van der Waals surface area contributed by atoms with Crippen LogP contribution in [0.4, 0.5) is 0 Å². The van der Waals surface area contributed by atoms with Gasteiger partial charge in [-0.05, 0) is 61.9 Å². The van der Waals surface area contributed by atoms with E-state index in [1.807, 2.05) is 37.3 Å². The number of sulfonamides is 1. The Morgan fingerprint density at radius 3 is 2.29 bits per heavy atom. The topological polar surface area (TPSA) is 72.3 Å². The Kier molecular flexibility index (Phi) is 7.30. The molecule has 6 nitrogen and oxygen atoms in total. The van der Waals surface area contributed by atoms with Gasteiger partial charge in [0.15, 0.2) is 0 Å². The summed E-state index contributed by atoms with van der Waals surface area (Å²) < 4.78 is 31.3. The van der Waals surface area contributed by atoms with Crippen LogP contribution in [0.1, 0.15) is 38.6 Å². The molecule has 1 heterocycles. The van der Waals surface area contributed by atoms with Gasteiger partial charge in [-0.2, -0.15) is 4.31 Å². The van der Waals surface area contributed by atoms with Crippen LogP contribution in [0.2, 0.25) is 0 Å². The van der Waals surface area contributed by atoms with E-state index in [4.69, 9.17) is 4.98 Å². The average Bonchev–Trinajstić information content (AvgIpc) is 2.85. The molecule has 0 N–H and O–H groups in total. The van der Waals surface area contributed by atoms with Crippen molar-refractivity contribution in [1.82, 2.24) is 13.9 Å². The summed E-state index contributed by atoms with van der Waals surface area (Å²) in [4.78, 5) is 18.7. The van der Waals surface area contributed by atoms with Crippen molar-refractivity contribution in [2.45, 2.75) is 37.6 Å². The van der Waals surface area contributed by atoms with Crippen LogP contribution in [0.3, 0.4) is 0 Å². The van der Waals surface area contributed by atoms with Crippen molar-refractivity contribution < 1.29 is 8.42 Å². The van der Waals surface area contributed by atoms with Crippen LogP contribution in [0, 0.1) is 0 Å². The Morgan fingerprint density at radius 2 is 1.62 bits per heavy atom. The molecule has 0 amide bonds. The molecule has 8 heteroatoms. The summed E-state index contributed by atoms with van der Waals surface area (Å²) in [7, 11) is -3.82. The molecular formula is C26H26BrN3O3S. The van der Waals surface area contributed by atoms with E-state index >= 15 is 0 Å². The molecule has 0 aliphatic heterocycles. The lowest BCUT2D eigenvalue weighted by Crippen LogP contribution is -2.38. The highest BCUT2D eigenvalue weighted by atomic mass is 79.9. The third kappa shape index (κ3) is 4.71. The smallest absolute Gasteiger partial charge is 0.266 e. The number of hydrogen-bond donors (Lipinski definition) is 0. The molecule has 0 saturated carbocycles. The van der Waals surface area contributed by atoms with Gasteiger partial charge in [0.05, 0.1) is 27.5 Å². The van der Waals surface area contributed by atoms with Gasteiger partial charge in [-0.1, -0.05) is 59.6 Å². The molecule has 0 aliphatic rings. The fourth-order valence-electron chi connectivity index (χ4n) is 3.96. The van der Waals surface area contributed by atoms with Gasteiger partial charge in [0, 0.05) is 11.0 Å². The SMILES string of the molecule is CCCCN(C(C)c1nc2ccccc2c(=O)n1-c1ccc(Br)cc1)S(=O)(=O)c1ccccc1. The molecule has 176 valence electrons. The van der Waals surface area contributed by atoms with Gasteiger partial charge in [-0.25, -0.2) is 13.4 Å². The average molecular weight is 540 g/mol. The van der Waals surface area contributed by atoms with E-state index in [0.717, 1.165) is 10.9 Å². The molecule has 0 spiro atoms. The summed E-state index contributed by atoms with van der Waals surface area (Å²) in [5.41, 5.74) is 0.929. The van der Waals surface area contributed by atoms with Crippen LogP contribution in [-0.4, -0.2) is 28.8 Å². The van der Waals surface area contributed by atoms with Crippen molar-refractivity contribution >= 4 is 36.9 Å². The number of nitrogens with zero attached hydrogens (tertiary/aromatic N) is 3. The van der Waals surface area contributed by atoms with E-state index < -0.39 is 16.1 Å². The first-order chi connectivity index (χ1) is 16.3. The van der Waals surface area contributed by atoms with E-state index in [0.29, 0.717) is 35.4 Å². The zero-order valence-electron chi connectivity index (χ0n) is 19.1. The Balaban J connectivity index is 1.95. The molecule has 3 aromatic carbocycles. The summed E-state index contributed by atoms with van der Waals surface area (Å²) in [5.74, 6) is 0.377. The highest BCUT2D eigenvalue weighted by molar-refractivity contribution is 9.10. The van der Waals surface area contributed by atoms with Crippen LogP contribution in [-0.2, 0) is 10.0 Å². The molecule has 1 aromatic heterocycles. The van der Waals surface area contributed by atoms with Gasteiger partial charge < -0.3 is 0 Å². The van der Waals surface area contributed by atoms with Crippen LogP contribution >= 0.6 is 15.9 Å². The Labute approximate surface area is 208 Å². The molecule has 0 bridgehead atoms. The Hall–Kier alpha value is -2.81. The summed E-state index contributed by atoms with van der Waals surface area (Å²) in [6, 6.07) is 22.2. The fraction of sp³-hybridized carbons (Fsp3) is 0.231. The Morgan fingerprint density at radius 1 is 0.971 bits per heavy atom. The van der Waals surface area contributed by atoms with Gasteiger partial charge in [-0.15, -0.1) is 0 Å². The first-order valence-electron chi connectivity index (χ1n) is 11.2. The molecule has 0 saturated heterocycles. The van der Waals surface area contributed by atoms with Gasteiger partial charge >= 0.3 is 0 Å². The van der Waals surface area contributed by atoms with Crippen molar-refractivity contribution in [3.63, 3.8) is 0 Å². The predicted molar refractivity (Wildman–Crippen MR) is 139 cm³/mol. The minimum absolute atomic E-state index is 0.219. The maximum absolute atomic E-state index is 13.7. The van der Waals surface area contributed by atoms with E-state index in [-0.39, 0.29) is 10.5 Å². The van der Waals surface area contributed by atoms with E-state index in [2.05, 4.69) is 15.9 Å². The van der Waals surface area contributed by atoms with Crippen molar-refractivity contribution in [2.24, 2.45) is 0 Å². The van der Waals surface area contributed by atoms with Gasteiger partial charge in [0.2, 0.25) is 10.0 Å². The van der Waals surface area contributed by atoms with Crippen LogP contribution in [0.5, 0.6) is 0 Å². The molecule has 0 aliphatic carbocycles. The van der Waals surface area contributed by atoms with Gasteiger partial charge in [0.1, 0.15) is 5.82 Å². The van der Waals surface area contributed by atoms with Crippen LogP contribution < -0.4 is 5.56 Å². The van der Waals surface area contributed by atoms with E-state index in [1.54, 1.807) is 55.5 Å². The van der Waals surface area contributed by atoms with E-state index in [9.17, 15) is 13.2 Å². The molecule has 0 radical (unpaired) electrons.